The number of hydrogen-bond donors (Lipinski definition) is 1. The largest absolute Gasteiger partial charge is 0.457 e. The highest BCUT2D eigenvalue weighted by atomic mass is 32.2. The molecule has 0 radical (unpaired) electrons. The van der Waals surface area contributed by atoms with E-state index in [1.807, 2.05) is 0 Å². The van der Waals surface area contributed by atoms with Crippen molar-refractivity contribution in [1.82, 2.24) is 14.6 Å². The number of carbonyl (C=O) groups is 1. The Labute approximate surface area is 198 Å². The van der Waals surface area contributed by atoms with E-state index in [0.717, 1.165) is 23.5 Å². The fourth-order valence-electron chi connectivity index (χ4n) is 3.60. The molecule has 12 heteroatoms. The van der Waals surface area contributed by atoms with Crippen molar-refractivity contribution < 1.29 is 31.1 Å². The van der Waals surface area contributed by atoms with Crippen LogP contribution in [0.25, 0.3) is 0 Å². The molecular formula is C22H20F3N3O4S2. The van der Waals surface area contributed by atoms with Gasteiger partial charge in [-0.05, 0) is 54.8 Å². The first-order valence-corrected chi connectivity index (χ1v) is 12.6. The van der Waals surface area contributed by atoms with Crippen LogP contribution in [0.2, 0.25) is 0 Å². The second-order valence-electron chi connectivity index (χ2n) is 7.56. The predicted molar refractivity (Wildman–Crippen MR) is 119 cm³/mol. The van der Waals surface area contributed by atoms with Crippen molar-refractivity contribution in [2.45, 2.75) is 35.9 Å². The number of thiazole rings is 1. The van der Waals surface area contributed by atoms with E-state index >= 15 is 0 Å². The second kappa shape index (κ2) is 9.72. The summed E-state index contributed by atoms with van der Waals surface area (Å²) in [5.41, 5.74) is -0.0840. The summed E-state index contributed by atoms with van der Waals surface area (Å²) < 4.78 is 70.5. The first-order valence-electron chi connectivity index (χ1n) is 10.3. The molecule has 3 aromatic rings. The zero-order valence-corrected chi connectivity index (χ0v) is 19.3. The topological polar surface area (TPSA) is 88.6 Å². The van der Waals surface area contributed by atoms with E-state index < -0.39 is 33.7 Å². The number of ether oxygens (including phenoxy) is 1. The van der Waals surface area contributed by atoms with Crippen LogP contribution in [-0.4, -0.2) is 36.2 Å². The van der Waals surface area contributed by atoms with Gasteiger partial charge in [0.05, 0.1) is 5.56 Å². The van der Waals surface area contributed by atoms with Gasteiger partial charge < -0.3 is 10.1 Å². The molecule has 7 nitrogen and oxygen atoms in total. The van der Waals surface area contributed by atoms with Crippen LogP contribution in [0, 0.1) is 0 Å². The predicted octanol–water partition coefficient (Wildman–Crippen LogP) is 4.42. The number of aromatic nitrogens is 1. The number of benzene rings is 2. The van der Waals surface area contributed by atoms with Crippen molar-refractivity contribution in [3.8, 4) is 11.5 Å². The molecular weight excluding hydrogens is 491 g/mol. The Bertz CT molecular complexity index is 1250. The van der Waals surface area contributed by atoms with Crippen LogP contribution in [0.3, 0.4) is 0 Å². The number of amides is 1. The van der Waals surface area contributed by atoms with Gasteiger partial charge in [0, 0.05) is 24.7 Å². The molecule has 1 aromatic heterocycles. The molecule has 2 aromatic carbocycles. The molecule has 1 amide bonds. The van der Waals surface area contributed by atoms with E-state index in [9.17, 15) is 26.4 Å². The lowest BCUT2D eigenvalue weighted by Crippen LogP contribution is -2.45. The highest BCUT2D eigenvalue weighted by Gasteiger charge is 2.40. The number of hydrogen-bond acceptors (Lipinski definition) is 6. The summed E-state index contributed by atoms with van der Waals surface area (Å²) in [5.74, 6) is 0.218. The van der Waals surface area contributed by atoms with E-state index in [1.165, 1.54) is 22.6 Å². The first kappa shape index (κ1) is 24.2. The van der Waals surface area contributed by atoms with Gasteiger partial charge in [-0.25, -0.2) is 13.4 Å². The molecule has 2 heterocycles. The fourth-order valence-corrected chi connectivity index (χ4v) is 6.20. The van der Waals surface area contributed by atoms with Crippen molar-refractivity contribution in [3.63, 3.8) is 0 Å². The Kier molecular flexibility index (Phi) is 6.91. The van der Waals surface area contributed by atoms with Gasteiger partial charge >= 0.3 is 6.18 Å². The van der Waals surface area contributed by atoms with Gasteiger partial charge in [-0.3, -0.25) is 4.79 Å². The van der Waals surface area contributed by atoms with Crippen LogP contribution in [-0.2, 0) is 27.5 Å². The van der Waals surface area contributed by atoms with Crippen LogP contribution in [0.4, 0.5) is 13.2 Å². The van der Waals surface area contributed by atoms with Gasteiger partial charge in [0.25, 0.3) is 10.0 Å². The molecule has 1 fully saturated rings. The summed E-state index contributed by atoms with van der Waals surface area (Å²) in [6, 6.07) is 10.2. The van der Waals surface area contributed by atoms with Crippen molar-refractivity contribution in [2.24, 2.45) is 0 Å². The number of nitrogens with zero attached hydrogens (tertiary/aromatic N) is 2. The molecule has 0 saturated carbocycles. The molecule has 0 aliphatic carbocycles. The standard InChI is InChI=1S/C22H20F3N3O4S2/c23-22(24,25)16-6-8-17(9-7-16)32-18-4-1-3-15(13-18)14-27-20(29)19-5-2-11-28(19)34(30,31)21-26-10-12-33-21/h1,3-4,6-10,12-13,19H,2,5,11,14H2,(H,27,29). The van der Waals surface area contributed by atoms with E-state index in [-0.39, 0.29) is 23.2 Å². The SMILES string of the molecule is O=C(NCc1cccc(Oc2ccc(C(F)(F)F)cc2)c1)C1CCCN1S(=O)(=O)c1nccs1. The third-order valence-electron chi connectivity index (χ3n) is 5.23. The Morgan fingerprint density at radius 3 is 2.62 bits per heavy atom. The fraction of sp³-hybridized carbons (Fsp3) is 0.273. The van der Waals surface area contributed by atoms with Gasteiger partial charge in [0.15, 0.2) is 0 Å². The summed E-state index contributed by atoms with van der Waals surface area (Å²) >= 11 is 1.00. The molecule has 0 bridgehead atoms. The van der Waals surface area contributed by atoms with E-state index in [2.05, 4.69) is 10.3 Å². The molecule has 4 rings (SSSR count). The van der Waals surface area contributed by atoms with Gasteiger partial charge in [-0.1, -0.05) is 12.1 Å². The molecule has 0 spiro atoms. The summed E-state index contributed by atoms with van der Waals surface area (Å²) in [5, 5.41) is 4.33. The third-order valence-corrected chi connectivity index (χ3v) is 8.31. The minimum Gasteiger partial charge on any atom is -0.457 e. The number of nitrogens with one attached hydrogen (secondary N) is 1. The lowest BCUT2D eigenvalue weighted by Gasteiger charge is -2.22. The van der Waals surface area contributed by atoms with Crippen LogP contribution < -0.4 is 10.1 Å². The van der Waals surface area contributed by atoms with Crippen molar-refractivity contribution >= 4 is 27.3 Å². The van der Waals surface area contributed by atoms with Crippen LogP contribution in [0.15, 0.2) is 64.4 Å². The Morgan fingerprint density at radius 1 is 1.18 bits per heavy atom. The quantitative estimate of drug-likeness (QED) is 0.507. The smallest absolute Gasteiger partial charge is 0.416 e. The van der Waals surface area contributed by atoms with Crippen LogP contribution in [0.1, 0.15) is 24.0 Å². The molecule has 1 saturated heterocycles. The Balaban J connectivity index is 1.38. The molecule has 180 valence electrons. The lowest BCUT2D eigenvalue weighted by molar-refractivity contribution is -0.137. The molecule has 34 heavy (non-hydrogen) atoms. The molecule has 1 N–H and O–H groups in total. The van der Waals surface area contributed by atoms with Crippen molar-refractivity contribution in [1.29, 1.82) is 0 Å². The summed E-state index contributed by atoms with van der Waals surface area (Å²) in [6.45, 7) is 0.376. The maximum absolute atomic E-state index is 12.8. The van der Waals surface area contributed by atoms with Crippen LogP contribution >= 0.6 is 11.3 Å². The van der Waals surface area contributed by atoms with Gasteiger partial charge in [-0.15, -0.1) is 11.3 Å². The number of sulfonamides is 1. The summed E-state index contributed by atoms with van der Waals surface area (Å²) in [7, 11) is -3.84. The van der Waals surface area contributed by atoms with Gasteiger partial charge in [0.1, 0.15) is 17.5 Å². The minimum absolute atomic E-state index is 0.0414. The molecule has 1 aliphatic heterocycles. The van der Waals surface area contributed by atoms with E-state index in [0.29, 0.717) is 24.2 Å². The molecule has 1 unspecified atom stereocenters. The number of alkyl halides is 3. The summed E-state index contributed by atoms with van der Waals surface area (Å²) in [6.07, 6.45) is -2.04. The maximum Gasteiger partial charge on any atom is 0.416 e. The first-order chi connectivity index (χ1) is 16.1. The average Bonchev–Trinajstić information content (AvgIpc) is 3.50. The van der Waals surface area contributed by atoms with Gasteiger partial charge in [0.2, 0.25) is 10.2 Å². The zero-order chi connectivity index (χ0) is 24.3. The molecule has 1 atom stereocenters. The van der Waals surface area contributed by atoms with Gasteiger partial charge in [-0.2, -0.15) is 17.5 Å². The Hall–Kier alpha value is -2.96. The van der Waals surface area contributed by atoms with E-state index in [4.69, 9.17) is 4.74 Å². The highest BCUT2D eigenvalue weighted by molar-refractivity contribution is 7.91. The molecule has 1 aliphatic rings. The van der Waals surface area contributed by atoms with Crippen molar-refractivity contribution in [3.05, 3.63) is 71.2 Å². The number of carbonyl (C=O) groups excluding carboxylic acids is 1. The summed E-state index contributed by atoms with van der Waals surface area (Å²) in [4.78, 5) is 16.6. The monoisotopic (exact) mass is 511 g/mol. The van der Waals surface area contributed by atoms with E-state index in [1.54, 1.807) is 29.6 Å². The number of rotatable bonds is 7. The minimum atomic E-state index is -4.43. The highest BCUT2D eigenvalue weighted by Crippen LogP contribution is 2.31. The van der Waals surface area contributed by atoms with Crippen molar-refractivity contribution in [2.75, 3.05) is 6.54 Å². The zero-order valence-electron chi connectivity index (χ0n) is 17.7. The van der Waals surface area contributed by atoms with Crippen LogP contribution in [0.5, 0.6) is 11.5 Å². The average molecular weight is 512 g/mol. The Morgan fingerprint density at radius 2 is 1.94 bits per heavy atom. The maximum atomic E-state index is 12.8. The normalized spacial score (nSPS) is 17.0. The third kappa shape index (κ3) is 5.40. The second-order valence-corrected chi connectivity index (χ2v) is 10.5. The lowest BCUT2D eigenvalue weighted by atomic mass is 10.2. The number of halogens is 3.